The lowest BCUT2D eigenvalue weighted by Crippen LogP contribution is -2.34. The van der Waals surface area contributed by atoms with E-state index < -0.39 is 24.1 Å². The van der Waals surface area contributed by atoms with Gasteiger partial charge in [0.2, 0.25) is 5.90 Å². The molecule has 0 fully saturated rings. The van der Waals surface area contributed by atoms with Gasteiger partial charge in [-0.15, -0.1) is 0 Å². The van der Waals surface area contributed by atoms with Crippen LogP contribution in [-0.4, -0.2) is 12.5 Å². The summed E-state index contributed by atoms with van der Waals surface area (Å²) in [6.07, 6.45) is 0. The summed E-state index contributed by atoms with van der Waals surface area (Å²) >= 11 is 0. The van der Waals surface area contributed by atoms with Crippen LogP contribution in [0.1, 0.15) is 22.8 Å². The molecule has 8 heteroatoms. The number of benzene rings is 1. The van der Waals surface area contributed by atoms with Crippen molar-refractivity contribution in [1.29, 1.82) is 10.7 Å². The largest absolute Gasteiger partial charge is 0.441 e. The molecule has 2 aromatic rings. The maximum Gasteiger partial charge on any atom is 0.387 e. The van der Waals surface area contributed by atoms with Gasteiger partial charge in [0.1, 0.15) is 23.2 Å². The number of aryl methyl sites for hydroxylation is 1. The van der Waals surface area contributed by atoms with Crippen LogP contribution >= 0.6 is 0 Å². The molecule has 1 aliphatic heterocycles. The lowest BCUT2D eigenvalue weighted by molar-refractivity contribution is -0.0498. The predicted molar refractivity (Wildman–Crippen MR) is 82.1 cm³/mol. The first-order valence-electron chi connectivity index (χ1n) is 7.26. The maximum atomic E-state index is 12.3. The molecule has 0 saturated heterocycles. The maximum absolute atomic E-state index is 12.3. The van der Waals surface area contributed by atoms with E-state index in [1.165, 1.54) is 30.3 Å². The normalized spacial score (nSPS) is 19.1. The van der Waals surface area contributed by atoms with Crippen molar-refractivity contribution in [3.63, 3.8) is 0 Å². The predicted octanol–water partition coefficient (Wildman–Crippen LogP) is 3.19. The average Bonchev–Trinajstić information content (AvgIpc) is 2.53. The number of hydrogen-bond acceptors (Lipinski definition) is 6. The summed E-state index contributed by atoms with van der Waals surface area (Å²) in [5.74, 6) is -1.73. The SMILES string of the molecule is Cc1cc2c(c(=O)o1)C(c1ccc(OC(F)F)cc1)C(C#N)C(=N)O2. The number of rotatable bonds is 3. The first-order chi connectivity index (χ1) is 11.9. The van der Waals surface area contributed by atoms with Crippen molar-refractivity contribution in [3.05, 3.63) is 57.6 Å². The highest BCUT2D eigenvalue weighted by Gasteiger charge is 2.39. The Balaban J connectivity index is 2.12. The van der Waals surface area contributed by atoms with Crippen LogP contribution in [0, 0.1) is 29.6 Å². The quantitative estimate of drug-likeness (QED) is 0.921. The van der Waals surface area contributed by atoms with E-state index in [0.29, 0.717) is 11.3 Å². The standard InChI is InChI=1S/C17H12F2N2O4/c1-8-6-12-14(16(22)23-8)13(11(7-20)15(21)25-12)9-2-4-10(5-3-9)24-17(18)19/h2-6,11,13,17,21H,1H3. The Bertz CT molecular complexity index is 916. The number of fused-ring (bicyclic) bond motifs is 1. The van der Waals surface area contributed by atoms with E-state index in [4.69, 9.17) is 14.6 Å². The molecule has 6 nitrogen and oxygen atoms in total. The van der Waals surface area contributed by atoms with Gasteiger partial charge in [-0.25, -0.2) is 4.79 Å². The molecule has 0 saturated carbocycles. The zero-order chi connectivity index (χ0) is 18.1. The first kappa shape index (κ1) is 16.6. The molecule has 1 N–H and O–H groups in total. The van der Waals surface area contributed by atoms with Crippen LogP contribution in [0.3, 0.4) is 0 Å². The monoisotopic (exact) mass is 346 g/mol. The molecular weight excluding hydrogens is 334 g/mol. The van der Waals surface area contributed by atoms with Crippen LogP contribution in [0.4, 0.5) is 8.78 Å². The summed E-state index contributed by atoms with van der Waals surface area (Å²) in [5, 5.41) is 17.3. The van der Waals surface area contributed by atoms with Crippen LogP contribution in [0.2, 0.25) is 0 Å². The zero-order valence-electron chi connectivity index (χ0n) is 13.0. The van der Waals surface area contributed by atoms with Gasteiger partial charge in [0.05, 0.1) is 11.6 Å². The Hall–Kier alpha value is -3.21. The number of hydrogen-bond donors (Lipinski definition) is 1. The second kappa shape index (κ2) is 6.36. The van der Waals surface area contributed by atoms with Gasteiger partial charge in [-0.1, -0.05) is 12.1 Å². The van der Waals surface area contributed by atoms with Gasteiger partial charge in [0.25, 0.3) is 0 Å². The van der Waals surface area contributed by atoms with Crippen molar-refractivity contribution in [2.24, 2.45) is 5.92 Å². The smallest absolute Gasteiger partial charge is 0.387 e. The molecule has 0 spiro atoms. The van der Waals surface area contributed by atoms with E-state index >= 15 is 0 Å². The lowest BCUT2D eigenvalue weighted by atomic mass is 9.80. The van der Waals surface area contributed by atoms with Gasteiger partial charge in [0.15, 0.2) is 0 Å². The minimum atomic E-state index is -2.95. The minimum absolute atomic E-state index is 0.0504. The number of halogens is 2. The van der Waals surface area contributed by atoms with Gasteiger partial charge in [-0.3, -0.25) is 5.41 Å². The summed E-state index contributed by atoms with van der Waals surface area (Å²) in [6.45, 7) is -1.39. The van der Waals surface area contributed by atoms with E-state index in [1.54, 1.807) is 6.92 Å². The fourth-order valence-electron chi connectivity index (χ4n) is 2.81. The summed E-state index contributed by atoms with van der Waals surface area (Å²) in [5.41, 5.74) is -0.0602. The first-order valence-corrected chi connectivity index (χ1v) is 7.26. The summed E-state index contributed by atoms with van der Waals surface area (Å²) < 4.78 is 39.2. The van der Waals surface area contributed by atoms with Crippen LogP contribution in [0.5, 0.6) is 11.5 Å². The number of alkyl halides is 2. The van der Waals surface area contributed by atoms with Gasteiger partial charge >= 0.3 is 12.2 Å². The Kier molecular flexibility index (Phi) is 4.23. The van der Waals surface area contributed by atoms with Crippen molar-refractivity contribution in [3.8, 4) is 17.6 Å². The number of nitrogens with zero attached hydrogens (tertiary/aromatic N) is 1. The van der Waals surface area contributed by atoms with E-state index in [2.05, 4.69) is 4.74 Å². The molecule has 0 amide bonds. The van der Waals surface area contributed by atoms with E-state index in [1.807, 2.05) is 6.07 Å². The van der Waals surface area contributed by atoms with Crippen molar-refractivity contribution < 1.29 is 22.7 Å². The number of nitrogens with one attached hydrogen (secondary N) is 1. The molecule has 3 rings (SSSR count). The number of nitriles is 1. The average molecular weight is 346 g/mol. The van der Waals surface area contributed by atoms with Gasteiger partial charge in [0, 0.05) is 12.0 Å². The van der Waals surface area contributed by atoms with Gasteiger partial charge in [-0.05, 0) is 24.6 Å². The van der Waals surface area contributed by atoms with Crippen LogP contribution in [-0.2, 0) is 0 Å². The second-order valence-electron chi connectivity index (χ2n) is 5.42. The highest BCUT2D eigenvalue weighted by Crippen LogP contribution is 2.40. The van der Waals surface area contributed by atoms with Crippen LogP contribution in [0.25, 0.3) is 0 Å². The topological polar surface area (TPSA) is 96.3 Å². The third-order valence-electron chi connectivity index (χ3n) is 3.82. The molecule has 1 aromatic heterocycles. The van der Waals surface area contributed by atoms with Crippen molar-refractivity contribution in [2.45, 2.75) is 19.5 Å². The van der Waals surface area contributed by atoms with Crippen molar-refractivity contribution in [1.82, 2.24) is 0 Å². The molecule has 2 heterocycles. The molecule has 25 heavy (non-hydrogen) atoms. The van der Waals surface area contributed by atoms with Crippen LogP contribution in [0.15, 0.2) is 39.5 Å². The fourth-order valence-corrected chi connectivity index (χ4v) is 2.81. The van der Waals surface area contributed by atoms with Crippen molar-refractivity contribution >= 4 is 5.90 Å². The third kappa shape index (κ3) is 3.08. The van der Waals surface area contributed by atoms with Gasteiger partial charge in [-0.2, -0.15) is 14.0 Å². The Morgan fingerprint density at radius 1 is 1.32 bits per heavy atom. The van der Waals surface area contributed by atoms with E-state index in [-0.39, 0.29) is 23.0 Å². The van der Waals surface area contributed by atoms with E-state index in [9.17, 15) is 18.8 Å². The summed E-state index contributed by atoms with van der Waals surface area (Å²) in [4.78, 5) is 12.3. The summed E-state index contributed by atoms with van der Waals surface area (Å²) in [6, 6.07) is 8.98. The molecular formula is C17H12F2N2O4. The van der Waals surface area contributed by atoms with E-state index in [0.717, 1.165) is 0 Å². The number of ether oxygens (including phenoxy) is 2. The molecule has 0 bridgehead atoms. The lowest BCUT2D eigenvalue weighted by Gasteiger charge is -2.29. The fraction of sp³-hybridized carbons (Fsp3) is 0.235. The van der Waals surface area contributed by atoms with Gasteiger partial charge < -0.3 is 13.9 Å². The third-order valence-corrected chi connectivity index (χ3v) is 3.82. The minimum Gasteiger partial charge on any atom is -0.441 e. The Morgan fingerprint density at radius 3 is 2.60 bits per heavy atom. The molecule has 0 radical (unpaired) electrons. The molecule has 1 aliphatic rings. The van der Waals surface area contributed by atoms with Crippen molar-refractivity contribution in [2.75, 3.05) is 0 Å². The molecule has 0 aliphatic carbocycles. The molecule has 1 aromatic carbocycles. The molecule has 2 unspecified atom stereocenters. The van der Waals surface area contributed by atoms with Crippen LogP contribution < -0.4 is 15.1 Å². The highest BCUT2D eigenvalue weighted by atomic mass is 19.3. The second-order valence-corrected chi connectivity index (χ2v) is 5.42. The Labute approximate surface area is 140 Å². The summed E-state index contributed by atoms with van der Waals surface area (Å²) in [7, 11) is 0. The highest BCUT2D eigenvalue weighted by molar-refractivity contribution is 5.85. The Morgan fingerprint density at radius 2 is 2.00 bits per heavy atom. The molecule has 128 valence electrons. The molecule has 2 atom stereocenters. The zero-order valence-corrected chi connectivity index (χ0v) is 13.0.